The lowest BCUT2D eigenvalue weighted by atomic mass is 9.49. The molecule has 1 unspecified atom stereocenters. The fourth-order valence-corrected chi connectivity index (χ4v) is 5.90. The molecule has 0 spiro atoms. The van der Waals surface area contributed by atoms with Crippen molar-refractivity contribution in [2.45, 2.75) is 71.8 Å². The average molecular weight is 364 g/mol. The molecule has 5 heteroatoms. The monoisotopic (exact) mass is 363 g/mol. The highest BCUT2D eigenvalue weighted by Crippen LogP contribution is 2.60. The van der Waals surface area contributed by atoms with Crippen LogP contribution in [0, 0.1) is 29.1 Å². The Kier molecular flexibility index (Phi) is 6.26. The Bertz CT molecular complexity index is 482. The van der Waals surface area contributed by atoms with Crippen molar-refractivity contribution in [2.75, 3.05) is 19.6 Å². The molecule has 0 heterocycles. The largest absolute Gasteiger partial charge is 0.353 e. The molecule has 4 rings (SSSR count). The summed E-state index contributed by atoms with van der Waals surface area (Å²) in [5.41, 5.74) is -0.190. The van der Waals surface area contributed by atoms with Gasteiger partial charge in [-0.3, -0.25) is 9.59 Å². The van der Waals surface area contributed by atoms with E-state index in [-0.39, 0.29) is 23.1 Å². The molecule has 0 aliphatic heterocycles. The minimum atomic E-state index is -0.429. The van der Waals surface area contributed by atoms with Crippen molar-refractivity contribution in [3.8, 4) is 0 Å². The Balaban J connectivity index is 1.56. The maximum absolute atomic E-state index is 13.2. The first-order valence-corrected chi connectivity index (χ1v) is 10.7. The molecule has 2 amide bonds. The van der Waals surface area contributed by atoms with Crippen LogP contribution in [0.5, 0.6) is 0 Å². The second-order valence-electron chi connectivity index (χ2n) is 9.43. The molecule has 148 valence electrons. The summed E-state index contributed by atoms with van der Waals surface area (Å²) in [4.78, 5) is 25.9. The quantitative estimate of drug-likeness (QED) is 0.551. The van der Waals surface area contributed by atoms with Crippen molar-refractivity contribution in [3.05, 3.63) is 0 Å². The highest BCUT2D eigenvalue weighted by atomic mass is 16.2. The van der Waals surface area contributed by atoms with Crippen molar-refractivity contribution in [1.29, 1.82) is 0 Å². The van der Waals surface area contributed by atoms with Crippen LogP contribution in [0.2, 0.25) is 0 Å². The van der Waals surface area contributed by atoms with Gasteiger partial charge in [-0.15, -0.1) is 0 Å². The molecular weight excluding hydrogens is 326 g/mol. The van der Waals surface area contributed by atoms with Gasteiger partial charge in [0.05, 0.1) is 0 Å². The third-order valence-corrected chi connectivity index (χ3v) is 6.78. The zero-order valence-corrected chi connectivity index (χ0v) is 16.8. The van der Waals surface area contributed by atoms with Gasteiger partial charge < -0.3 is 16.0 Å². The van der Waals surface area contributed by atoms with Crippen LogP contribution in [0.25, 0.3) is 0 Å². The fourth-order valence-electron chi connectivity index (χ4n) is 5.90. The lowest BCUT2D eigenvalue weighted by Crippen LogP contribution is -2.58. The maximum Gasteiger partial charge on any atom is 0.242 e. The Morgan fingerprint density at radius 3 is 2.04 bits per heavy atom. The highest BCUT2D eigenvalue weighted by molar-refractivity contribution is 5.90. The molecule has 4 fully saturated rings. The third-order valence-electron chi connectivity index (χ3n) is 6.78. The summed E-state index contributed by atoms with van der Waals surface area (Å²) in [5, 5.41) is 9.43. The van der Waals surface area contributed by atoms with Gasteiger partial charge in [0.15, 0.2) is 0 Å². The van der Waals surface area contributed by atoms with Gasteiger partial charge in [0, 0.05) is 18.5 Å². The van der Waals surface area contributed by atoms with Gasteiger partial charge in [-0.25, -0.2) is 0 Å². The summed E-state index contributed by atoms with van der Waals surface area (Å²) in [6, 6.07) is -0.429. The first-order chi connectivity index (χ1) is 12.4. The normalized spacial score (nSPS) is 33.3. The predicted molar refractivity (Wildman–Crippen MR) is 104 cm³/mol. The van der Waals surface area contributed by atoms with E-state index in [2.05, 4.69) is 22.9 Å². The van der Waals surface area contributed by atoms with E-state index in [9.17, 15) is 9.59 Å². The molecule has 1 atom stereocenters. The number of hydrogen-bond acceptors (Lipinski definition) is 3. The SMILES string of the molecule is CCCNCCNC(=O)C(NC(=O)C12CC3CC(CC(C3)C1)C2)C(C)C. The van der Waals surface area contributed by atoms with Gasteiger partial charge in [0.2, 0.25) is 11.8 Å². The summed E-state index contributed by atoms with van der Waals surface area (Å²) < 4.78 is 0. The molecule has 26 heavy (non-hydrogen) atoms. The number of carbonyl (C=O) groups is 2. The van der Waals surface area contributed by atoms with Crippen LogP contribution in [0.4, 0.5) is 0 Å². The number of carbonyl (C=O) groups excluding carboxylic acids is 2. The van der Waals surface area contributed by atoms with Gasteiger partial charge in [0.25, 0.3) is 0 Å². The highest BCUT2D eigenvalue weighted by Gasteiger charge is 2.55. The number of hydrogen-bond donors (Lipinski definition) is 3. The molecular formula is C21H37N3O2. The van der Waals surface area contributed by atoms with E-state index >= 15 is 0 Å². The zero-order valence-electron chi connectivity index (χ0n) is 16.8. The lowest BCUT2D eigenvalue weighted by Gasteiger charge is -2.55. The van der Waals surface area contributed by atoms with Crippen LogP contribution in [-0.2, 0) is 9.59 Å². The Morgan fingerprint density at radius 2 is 1.54 bits per heavy atom. The summed E-state index contributed by atoms with van der Waals surface area (Å²) in [6.45, 7) is 8.49. The Labute approximate surface area is 158 Å². The van der Waals surface area contributed by atoms with Gasteiger partial charge >= 0.3 is 0 Å². The average Bonchev–Trinajstić information content (AvgIpc) is 2.57. The maximum atomic E-state index is 13.2. The molecule has 0 aromatic heterocycles. The van der Waals surface area contributed by atoms with E-state index in [1.165, 1.54) is 19.3 Å². The Morgan fingerprint density at radius 1 is 0.962 bits per heavy atom. The van der Waals surface area contributed by atoms with Crippen molar-refractivity contribution < 1.29 is 9.59 Å². The van der Waals surface area contributed by atoms with Crippen LogP contribution >= 0.6 is 0 Å². The second-order valence-corrected chi connectivity index (χ2v) is 9.43. The van der Waals surface area contributed by atoms with Crippen molar-refractivity contribution >= 4 is 11.8 Å². The van der Waals surface area contributed by atoms with Gasteiger partial charge in [0.1, 0.15) is 6.04 Å². The molecule has 5 nitrogen and oxygen atoms in total. The van der Waals surface area contributed by atoms with Gasteiger partial charge in [-0.05, 0) is 75.2 Å². The zero-order chi connectivity index (χ0) is 18.7. The topological polar surface area (TPSA) is 70.2 Å². The molecule has 4 bridgehead atoms. The van der Waals surface area contributed by atoms with Crippen LogP contribution in [-0.4, -0.2) is 37.5 Å². The van der Waals surface area contributed by atoms with Crippen molar-refractivity contribution in [1.82, 2.24) is 16.0 Å². The molecule has 0 radical (unpaired) electrons. The van der Waals surface area contributed by atoms with Crippen molar-refractivity contribution in [2.24, 2.45) is 29.1 Å². The van der Waals surface area contributed by atoms with Crippen LogP contribution < -0.4 is 16.0 Å². The lowest BCUT2D eigenvalue weighted by molar-refractivity contribution is -0.149. The molecule has 3 N–H and O–H groups in total. The van der Waals surface area contributed by atoms with Crippen LogP contribution in [0.3, 0.4) is 0 Å². The molecule has 4 aliphatic rings. The smallest absolute Gasteiger partial charge is 0.242 e. The number of rotatable bonds is 9. The van der Waals surface area contributed by atoms with Gasteiger partial charge in [-0.2, -0.15) is 0 Å². The van der Waals surface area contributed by atoms with Crippen molar-refractivity contribution in [3.63, 3.8) is 0 Å². The molecule has 0 aromatic rings. The number of nitrogens with one attached hydrogen (secondary N) is 3. The van der Waals surface area contributed by atoms with E-state index in [0.29, 0.717) is 6.54 Å². The summed E-state index contributed by atoms with van der Waals surface area (Å²) in [6.07, 6.45) is 8.18. The minimum absolute atomic E-state index is 0.0450. The van der Waals surface area contributed by atoms with E-state index < -0.39 is 6.04 Å². The molecule has 4 saturated carbocycles. The summed E-state index contributed by atoms with van der Waals surface area (Å²) in [7, 11) is 0. The summed E-state index contributed by atoms with van der Waals surface area (Å²) in [5.74, 6) is 2.41. The van der Waals surface area contributed by atoms with Crippen LogP contribution in [0.1, 0.15) is 65.7 Å². The molecule has 4 aliphatic carbocycles. The molecule has 0 aromatic carbocycles. The van der Waals surface area contributed by atoms with E-state index in [4.69, 9.17) is 0 Å². The summed E-state index contributed by atoms with van der Waals surface area (Å²) >= 11 is 0. The van der Waals surface area contributed by atoms with E-state index in [1.54, 1.807) is 0 Å². The number of amides is 2. The minimum Gasteiger partial charge on any atom is -0.353 e. The second kappa shape index (κ2) is 8.28. The van der Waals surface area contributed by atoms with Gasteiger partial charge in [-0.1, -0.05) is 20.8 Å². The first kappa shape index (κ1) is 19.7. The first-order valence-electron chi connectivity index (χ1n) is 10.7. The standard InChI is InChI=1S/C21H37N3O2/c1-4-5-22-6-7-23-19(25)18(14(2)3)24-20(26)21-11-15-8-16(12-21)10-17(9-15)13-21/h14-18,22H,4-13H2,1-3H3,(H,23,25)(H,24,26). The Hall–Kier alpha value is -1.10. The fraction of sp³-hybridized carbons (Fsp3) is 0.905. The van der Waals surface area contributed by atoms with E-state index in [0.717, 1.165) is 56.5 Å². The third kappa shape index (κ3) is 4.24. The predicted octanol–water partition coefficient (Wildman–Crippen LogP) is 2.46. The van der Waals surface area contributed by atoms with Crippen LogP contribution in [0.15, 0.2) is 0 Å². The van der Waals surface area contributed by atoms with E-state index in [1.807, 2.05) is 13.8 Å². The molecule has 0 saturated heterocycles.